The van der Waals surface area contributed by atoms with Crippen LogP contribution in [0.2, 0.25) is 0 Å². The Balaban J connectivity index is 1.67. The fourth-order valence-electron chi connectivity index (χ4n) is 2.89. The summed E-state index contributed by atoms with van der Waals surface area (Å²) >= 11 is 1.10. The van der Waals surface area contributed by atoms with Gasteiger partial charge in [-0.05, 0) is 31.0 Å². The Morgan fingerprint density at radius 3 is 2.43 bits per heavy atom. The van der Waals surface area contributed by atoms with Crippen molar-refractivity contribution in [1.29, 1.82) is 0 Å². The summed E-state index contributed by atoms with van der Waals surface area (Å²) < 4.78 is 16.2. The molecule has 11 nitrogen and oxygen atoms in total. The first-order valence-corrected chi connectivity index (χ1v) is 9.98. The molecule has 1 saturated heterocycles. The zero-order chi connectivity index (χ0) is 21.7. The van der Waals surface area contributed by atoms with Gasteiger partial charge >= 0.3 is 11.9 Å². The van der Waals surface area contributed by atoms with E-state index >= 15 is 0 Å². The van der Waals surface area contributed by atoms with Crippen LogP contribution in [0.15, 0.2) is 23.4 Å². The number of nitrogen functional groups attached to an aromatic ring is 1. The predicted octanol–water partition coefficient (Wildman–Crippen LogP) is 1.15. The van der Waals surface area contributed by atoms with Crippen molar-refractivity contribution >= 4 is 35.3 Å². The number of nitrogens with one attached hydrogen (secondary N) is 1. The molecule has 0 spiro atoms. The summed E-state index contributed by atoms with van der Waals surface area (Å²) in [6, 6.07) is 4.13. The second kappa shape index (κ2) is 9.59. The Labute approximate surface area is 176 Å². The highest BCUT2D eigenvalue weighted by Crippen LogP contribution is 2.28. The number of hydrogen-bond acceptors (Lipinski definition) is 10. The number of rotatable bonds is 7. The van der Waals surface area contributed by atoms with Crippen molar-refractivity contribution in [2.75, 3.05) is 37.7 Å². The number of hydrogen-bond donors (Lipinski definition) is 2. The SMILES string of the molecule is COC(=O)c1cc(NC(=O)CSc2nnc(C3CCCO3)n2N)cc(C(=O)OC)c1. The van der Waals surface area contributed by atoms with E-state index in [-0.39, 0.29) is 34.6 Å². The van der Waals surface area contributed by atoms with Crippen LogP contribution in [-0.4, -0.2) is 59.3 Å². The van der Waals surface area contributed by atoms with Crippen LogP contribution in [-0.2, 0) is 19.0 Å². The van der Waals surface area contributed by atoms with E-state index in [1.807, 2.05) is 0 Å². The van der Waals surface area contributed by atoms with Crippen molar-refractivity contribution in [1.82, 2.24) is 14.9 Å². The van der Waals surface area contributed by atoms with Gasteiger partial charge in [-0.1, -0.05) is 11.8 Å². The van der Waals surface area contributed by atoms with E-state index in [0.717, 1.165) is 24.6 Å². The van der Waals surface area contributed by atoms with Gasteiger partial charge in [0.2, 0.25) is 11.1 Å². The summed E-state index contributed by atoms with van der Waals surface area (Å²) in [6.07, 6.45) is 1.56. The first kappa shape index (κ1) is 21.6. The van der Waals surface area contributed by atoms with Crippen LogP contribution in [0.4, 0.5) is 5.69 Å². The van der Waals surface area contributed by atoms with Gasteiger partial charge in [-0.2, -0.15) is 0 Å². The molecule has 1 aliphatic rings. The van der Waals surface area contributed by atoms with Crippen molar-refractivity contribution in [2.24, 2.45) is 0 Å². The lowest BCUT2D eigenvalue weighted by Gasteiger charge is -2.10. The molecule has 0 radical (unpaired) electrons. The van der Waals surface area contributed by atoms with Crippen LogP contribution in [0.3, 0.4) is 0 Å². The topological polar surface area (TPSA) is 148 Å². The molecule has 30 heavy (non-hydrogen) atoms. The van der Waals surface area contributed by atoms with Crippen LogP contribution in [0.5, 0.6) is 0 Å². The van der Waals surface area contributed by atoms with Gasteiger partial charge in [-0.15, -0.1) is 10.2 Å². The Bertz CT molecular complexity index is 922. The van der Waals surface area contributed by atoms with Gasteiger partial charge in [0.25, 0.3) is 0 Å². The molecule has 2 aromatic rings. The zero-order valence-electron chi connectivity index (χ0n) is 16.4. The smallest absolute Gasteiger partial charge is 0.337 e. The lowest BCUT2D eigenvalue weighted by molar-refractivity contribution is -0.113. The summed E-state index contributed by atoms with van der Waals surface area (Å²) in [6.45, 7) is 0.653. The first-order chi connectivity index (χ1) is 14.4. The second-order valence-corrected chi connectivity index (χ2v) is 7.27. The van der Waals surface area contributed by atoms with Gasteiger partial charge in [0, 0.05) is 12.3 Å². The van der Waals surface area contributed by atoms with E-state index in [4.69, 9.17) is 10.6 Å². The number of nitrogens with zero attached hydrogens (tertiary/aromatic N) is 3. The average Bonchev–Trinajstić information content (AvgIpc) is 3.40. The number of benzene rings is 1. The molecule has 1 unspecified atom stereocenters. The zero-order valence-corrected chi connectivity index (χ0v) is 17.2. The normalized spacial score (nSPS) is 15.6. The summed E-state index contributed by atoms with van der Waals surface area (Å²) in [5, 5.41) is 11.1. The maximum Gasteiger partial charge on any atom is 0.337 e. The number of nitrogens with two attached hydrogens (primary N) is 1. The fraction of sp³-hybridized carbons (Fsp3) is 0.389. The van der Waals surface area contributed by atoms with E-state index in [1.165, 1.54) is 37.1 Å². The fourth-order valence-corrected chi connectivity index (χ4v) is 3.55. The van der Waals surface area contributed by atoms with E-state index in [1.54, 1.807) is 0 Å². The number of carbonyl (C=O) groups excluding carboxylic acids is 3. The number of esters is 2. The van der Waals surface area contributed by atoms with Crippen LogP contribution in [0.25, 0.3) is 0 Å². The molecule has 3 N–H and O–H groups in total. The lowest BCUT2D eigenvalue weighted by atomic mass is 10.1. The number of thioether (sulfide) groups is 1. The van der Waals surface area contributed by atoms with Crippen LogP contribution in [0.1, 0.15) is 45.5 Å². The minimum atomic E-state index is -0.650. The predicted molar refractivity (Wildman–Crippen MR) is 107 cm³/mol. The number of carbonyl (C=O) groups is 3. The quantitative estimate of drug-likeness (QED) is 0.368. The van der Waals surface area contributed by atoms with Gasteiger partial charge in [0.1, 0.15) is 6.10 Å². The molecule has 2 heterocycles. The number of aromatic nitrogens is 3. The molecular weight excluding hydrogens is 414 g/mol. The van der Waals surface area contributed by atoms with Crippen molar-refractivity contribution in [3.05, 3.63) is 35.2 Å². The summed E-state index contributed by atoms with van der Waals surface area (Å²) in [4.78, 5) is 36.1. The number of ether oxygens (including phenoxy) is 3. The van der Waals surface area contributed by atoms with Crippen LogP contribution >= 0.6 is 11.8 Å². The molecule has 1 aromatic carbocycles. The van der Waals surface area contributed by atoms with Crippen molar-refractivity contribution in [3.8, 4) is 0 Å². The molecule has 12 heteroatoms. The third-order valence-electron chi connectivity index (χ3n) is 4.30. The maximum absolute atomic E-state index is 12.4. The highest BCUT2D eigenvalue weighted by atomic mass is 32.2. The number of amides is 1. The van der Waals surface area contributed by atoms with Crippen molar-refractivity contribution < 1.29 is 28.6 Å². The Morgan fingerprint density at radius 1 is 1.20 bits per heavy atom. The van der Waals surface area contributed by atoms with Gasteiger partial charge in [0.05, 0.1) is 31.1 Å². The summed E-state index contributed by atoms with van der Waals surface area (Å²) in [7, 11) is 2.44. The first-order valence-electron chi connectivity index (χ1n) is 8.99. The van der Waals surface area contributed by atoms with Crippen LogP contribution in [0, 0.1) is 0 Å². The molecule has 1 atom stereocenters. The minimum absolute atomic E-state index is 0.0170. The Kier molecular flexibility index (Phi) is 6.90. The highest BCUT2D eigenvalue weighted by molar-refractivity contribution is 7.99. The average molecular weight is 435 g/mol. The maximum atomic E-state index is 12.4. The molecule has 0 aliphatic carbocycles. The summed E-state index contributed by atoms with van der Waals surface area (Å²) in [5.41, 5.74) is 0.454. The van der Waals surface area contributed by atoms with E-state index in [9.17, 15) is 14.4 Å². The van der Waals surface area contributed by atoms with E-state index < -0.39 is 11.9 Å². The number of anilines is 1. The monoisotopic (exact) mass is 435 g/mol. The molecular formula is C18H21N5O6S. The van der Waals surface area contributed by atoms with Gasteiger partial charge in [-0.3, -0.25) is 4.79 Å². The molecule has 0 bridgehead atoms. The Morgan fingerprint density at radius 2 is 1.87 bits per heavy atom. The van der Waals surface area contributed by atoms with Gasteiger partial charge < -0.3 is 25.4 Å². The molecule has 3 rings (SSSR count). The molecule has 1 fully saturated rings. The van der Waals surface area contributed by atoms with Gasteiger partial charge in [0.15, 0.2) is 5.82 Å². The van der Waals surface area contributed by atoms with Crippen LogP contribution < -0.4 is 11.2 Å². The standard InChI is InChI=1S/C18H21N5O6S/c1-27-16(25)10-6-11(17(26)28-2)8-12(7-10)20-14(24)9-30-18-22-21-15(23(18)19)13-4-3-5-29-13/h6-8,13H,3-5,9,19H2,1-2H3,(H,20,24). The van der Waals surface area contributed by atoms with Gasteiger partial charge in [-0.25, -0.2) is 14.3 Å². The minimum Gasteiger partial charge on any atom is -0.465 e. The molecule has 1 amide bonds. The second-order valence-electron chi connectivity index (χ2n) is 6.33. The highest BCUT2D eigenvalue weighted by Gasteiger charge is 2.25. The molecule has 0 saturated carbocycles. The molecule has 1 aliphatic heterocycles. The Hall–Kier alpha value is -3.12. The third-order valence-corrected chi connectivity index (χ3v) is 5.24. The number of methoxy groups -OCH3 is 2. The lowest BCUT2D eigenvalue weighted by Crippen LogP contribution is -2.19. The van der Waals surface area contributed by atoms with Crippen molar-refractivity contribution in [2.45, 2.75) is 24.1 Å². The molecule has 1 aromatic heterocycles. The third kappa shape index (κ3) is 4.89. The van der Waals surface area contributed by atoms with E-state index in [2.05, 4.69) is 25.0 Å². The van der Waals surface area contributed by atoms with Crippen molar-refractivity contribution in [3.63, 3.8) is 0 Å². The largest absolute Gasteiger partial charge is 0.465 e. The summed E-state index contributed by atoms with van der Waals surface area (Å²) in [5.74, 6) is 4.83. The molecule has 160 valence electrons. The van der Waals surface area contributed by atoms with E-state index in [0.29, 0.717) is 17.6 Å².